The predicted octanol–water partition coefficient (Wildman–Crippen LogP) is 2.62. The highest BCUT2D eigenvalue weighted by molar-refractivity contribution is 5.94. The maximum absolute atomic E-state index is 12.9. The Morgan fingerprint density at radius 3 is 2.65 bits per heavy atom. The first-order chi connectivity index (χ1) is 9.47. The highest BCUT2D eigenvalue weighted by Gasteiger charge is 2.50. The van der Waals surface area contributed by atoms with Gasteiger partial charge in [-0.2, -0.15) is 13.2 Å². The number of aryl methyl sites for hydroxylation is 1. The number of fused-ring (bicyclic) bond motifs is 1. The molecule has 20 heavy (non-hydrogen) atoms. The fraction of sp³-hybridized carbons (Fsp3) is 0.692. The lowest BCUT2D eigenvalue weighted by atomic mass is 9.96. The molecule has 1 fully saturated rings. The molecule has 3 rings (SSSR count). The van der Waals surface area contributed by atoms with Crippen LogP contribution in [0.2, 0.25) is 0 Å². The summed E-state index contributed by atoms with van der Waals surface area (Å²) >= 11 is 0. The molecule has 0 aliphatic heterocycles. The van der Waals surface area contributed by atoms with Gasteiger partial charge in [-0.05, 0) is 38.0 Å². The van der Waals surface area contributed by atoms with Crippen LogP contribution in [0.25, 0.3) is 0 Å². The van der Waals surface area contributed by atoms with Crippen molar-refractivity contribution in [3.63, 3.8) is 0 Å². The Hall–Kier alpha value is -1.53. The summed E-state index contributed by atoms with van der Waals surface area (Å²) in [6, 6.07) is -1.77. The van der Waals surface area contributed by atoms with Gasteiger partial charge in [-0.3, -0.25) is 4.79 Å². The van der Waals surface area contributed by atoms with E-state index in [9.17, 15) is 18.0 Å². The van der Waals surface area contributed by atoms with E-state index < -0.39 is 24.0 Å². The number of carbonyl (C=O) groups excluding carboxylic acids is 1. The molecule has 1 N–H and O–H groups in total. The molecule has 7 heteroatoms. The molecule has 1 amide bonds. The maximum Gasteiger partial charge on any atom is 0.408 e. The number of nitrogens with one attached hydrogen (secondary N) is 1. The number of carbonyl (C=O) groups is 1. The third kappa shape index (κ3) is 2.53. The maximum atomic E-state index is 12.9. The second-order valence-electron chi connectivity index (χ2n) is 5.47. The van der Waals surface area contributed by atoms with E-state index >= 15 is 0 Å². The summed E-state index contributed by atoms with van der Waals surface area (Å²) in [6.45, 7) is 0. The van der Waals surface area contributed by atoms with Crippen molar-refractivity contribution in [2.75, 3.05) is 0 Å². The first kappa shape index (κ1) is 13.5. The molecule has 1 atom stereocenters. The summed E-state index contributed by atoms with van der Waals surface area (Å²) in [7, 11) is 0. The summed E-state index contributed by atoms with van der Waals surface area (Å²) < 4.78 is 43.7. The third-order valence-corrected chi connectivity index (χ3v) is 3.90. The summed E-state index contributed by atoms with van der Waals surface area (Å²) in [5.41, 5.74) is 0.695. The van der Waals surface area contributed by atoms with Crippen molar-refractivity contribution in [3.05, 3.63) is 17.0 Å². The smallest absolute Gasteiger partial charge is 0.360 e. The van der Waals surface area contributed by atoms with E-state index in [1.165, 1.54) is 0 Å². The van der Waals surface area contributed by atoms with Gasteiger partial charge in [-0.25, -0.2) is 0 Å². The monoisotopic (exact) mass is 288 g/mol. The number of nitrogens with zero attached hydrogens (tertiary/aromatic N) is 1. The largest absolute Gasteiger partial charge is 0.408 e. The van der Waals surface area contributed by atoms with E-state index in [1.54, 1.807) is 0 Å². The zero-order valence-corrected chi connectivity index (χ0v) is 10.8. The van der Waals surface area contributed by atoms with Crippen molar-refractivity contribution in [2.24, 2.45) is 5.92 Å². The van der Waals surface area contributed by atoms with Crippen LogP contribution >= 0.6 is 0 Å². The van der Waals surface area contributed by atoms with Crippen molar-refractivity contribution in [3.8, 4) is 0 Å². The molecule has 2 aliphatic rings. The Morgan fingerprint density at radius 2 is 2.00 bits per heavy atom. The Morgan fingerprint density at radius 1 is 1.30 bits per heavy atom. The molecular weight excluding hydrogens is 273 g/mol. The molecule has 0 radical (unpaired) electrons. The third-order valence-electron chi connectivity index (χ3n) is 3.90. The Balaban J connectivity index is 1.77. The van der Waals surface area contributed by atoms with Gasteiger partial charge in [-0.15, -0.1) is 0 Å². The molecule has 0 bridgehead atoms. The number of halogens is 3. The van der Waals surface area contributed by atoms with Crippen LogP contribution in [0.1, 0.15) is 47.5 Å². The highest BCUT2D eigenvalue weighted by atomic mass is 19.4. The first-order valence-corrected chi connectivity index (χ1v) is 6.82. The number of hydrogen-bond acceptors (Lipinski definition) is 3. The molecule has 2 aliphatic carbocycles. The van der Waals surface area contributed by atoms with Crippen molar-refractivity contribution >= 4 is 5.91 Å². The fourth-order valence-corrected chi connectivity index (χ4v) is 2.67. The van der Waals surface area contributed by atoms with Gasteiger partial charge >= 0.3 is 6.18 Å². The Bertz CT molecular complexity index is 520. The number of amides is 1. The van der Waals surface area contributed by atoms with E-state index in [-0.39, 0.29) is 5.69 Å². The van der Waals surface area contributed by atoms with Crippen LogP contribution in [0.15, 0.2) is 4.52 Å². The molecule has 1 aromatic rings. The Kier molecular flexibility index (Phi) is 3.22. The van der Waals surface area contributed by atoms with E-state index in [0.717, 1.165) is 12.8 Å². The van der Waals surface area contributed by atoms with Gasteiger partial charge in [0.25, 0.3) is 5.91 Å². The lowest BCUT2D eigenvalue weighted by Gasteiger charge is -2.21. The lowest BCUT2D eigenvalue weighted by molar-refractivity contribution is -0.158. The van der Waals surface area contributed by atoms with Gasteiger partial charge in [0.05, 0.1) is 0 Å². The van der Waals surface area contributed by atoms with Crippen LogP contribution in [0.5, 0.6) is 0 Å². The van der Waals surface area contributed by atoms with Crippen LogP contribution in [-0.4, -0.2) is 23.3 Å². The quantitative estimate of drug-likeness (QED) is 0.930. The molecule has 1 saturated carbocycles. The van der Waals surface area contributed by atoms with Gasteiger partial charge in [0.1, 0.15) is 11.8 Å². The van der Waals surface area contributed by atoms with E-state index in [0.29, 0.717) is 37.0 Å². The zero-order chi connectivity index (χ0) is 14.3. The van der Waals surface area contributed by atoms with Crippen molar-refractivity contribution < 1.29 is 22.5 Å². The van der Waals surface area contributed by atoms with Crippen molar-refractivity contribution in [2.45, 2.75) is 50.7 Å². The number of rotatable bonds is 3. The first-order valence-electron chi connectivity index (χ1n) is 6.82. The average Bonchev–Trinajstić information content (AvgIpc) is 3.12. The molecule has 0 spiro atoms. The molecule has 110 valence electrons. The van der Waals surface area contributed by atoms with Gasteiger partial charge in [-0.1, -0.05) is 5.16 Å². The number of alkyl halides is 3. The molecular formula is C13H15F3N2O2. The van der Waals surface area contributed by atoms with E-state index in [4.69, 9.17) is 4.52 Å². The zero-order valence-electron chi connectivity index (χ0n) is 10.8. The Labute approximate surface area is 113 Å². The molecule has 1 unspecified atom stereocenters. The number of aromatic nitrogens is 1. The highest BCUT2D eigenvalue weighted by Crippen LogP contribution is 2.40. The summed E-state index contributed by atoms with van der Waals surface area (Å²) in [5.74, 6) is -0.635. The summed E-state index contributed by atoms with van der Waals surface area (Å²) in [5, 5.41) is 5.74. The molecule has 1 aromatic heterocycles. The second kappa shape index (κ2) is 4.79. The molecule has 4 nitrogen and oxygen atoms in total. The molecule has 0 aromatic carbocycles. The van der Waals surface area contributed by atoms with Gasteiger partial charge < -0.3 is 9.84 Å². The number of hydrogen-bond donors (Lipinski definition) is 1. The SMILES string of the molecule is O=C(NC(C1CC1)C(F)(F)F)c1noc2c1CCCC2. The predicted molar refractivity (Wildman–Crippen MR) is 63.2 cm³/mol. The van der Waals surface area contributed by atoms with Crippen LogP contribution in [0.4, 0.5) is 13.2 Å². The van der Waals surface area contributed by atoms with Gasteiger partial charge in [0.15, 0.2) is 5.69 Å². The molecule has 0 saturated heterocycles. The second-order valence-corrected chi connectivity index (χ2v) is 5.47. The molecule has 1 heterocycles. The van der Waals surface area contributed by atoms with Crippen LogP contribution in [0.3, 0.4) is 0 Å². The van der Waals surface area contributed by atoms with Crippen LogP contribution < -0.4 is 5.32 Å². The van der Waals surface area contributed by atoms with E-state index in [1.807, 2.05) is 0 Å². The van der Waals surface area contributed by atoms with Crippen LogP contribution in [-0.2, 0) is 12.8 Å². The summed E-state index contributed by atoms with van der Waals surface area (Å²) in [6.07, 6.45) is -0.220. The lowest BCUT2D eigenvalue weighted by Crippen LogP contribution is -2.47. The minimum atomic E-state index is -4.42. The summed E-state index contributed by atoms with van der Waals surface area (Å²) in [4.78, 5) is 12.0. The fourth-order valence-electron chi connectivity index (χ4n) is 2.67. The topological polar surface area (TPSA) is 55.1 Å². The van der Waals surface area contributed by atoms with Crippen molar-refractivity contribution in [1.29, 1.82) is 0 Å². The van der Waals surface area contributed by atoms with Gasteiger partial charge in [0, 0.05) is 12.0 Å². The minimum absolute atomic E-state index is 0.0228. The average molecular weight is 288 g/mol. The standard InChI is InChI=1S/C13H15F3N2O2/c14-13(15,16)11(7-5-6-7)17-12(19)10-8-3-1-2-4-9(8)20-18-10/h7,11H,1-6H2,(H,17,19). The van der Waals surface area contributed by atoms with E-state index in [2.05, 4.69) is 10.5 Å². The van der Waals surface area contributed by atoms with Crippen molar-refractivity contribution in [1.82, 2.24) is 10.5 Å². The normalized spacial score (nSPS) is 20.4. The van der Waals surface area contributed by atoms with Gasteiger partial charge in [0.2, 0.25) is 0 Å². The minimum Gasteiger partial charge on any atom is -0.360 e. The van der Waals surface area contributed by atoms with Crippen LogP contribution in [0, 0.1) is 5.92 Å².